The molecule has 1 aliphatic heterocycles. The molecule has 1 aromatic carbocycles. The van der Waals surface area contributed by atoms with E-state index in [1.807, 2.05) is 6.92 Å². The molecule has 86 valence electrons. The molecule has 1 unspecified atom stereocenters. The predicted molar refractivity (Wildman–Crippen MR) is 65.5 cm³/mol. The molecule has 0 aliphatic carbocycles. The van der Waals surface area contributed by atoms with Crippen molar-refractivity contribution in [3.8, 4) is 0 Å². The van der Waals surface area contributed by atoms with E-state index in [4.69, 9.17) is 5.73 Å². The van der Waals surface area contributed by atoms with E-state index >= 15 is 0 Å². The Kier molecular flexibility index (Phi) is 2.72. The number of nitrogens with two attached hydrogens (primary N) is 1. The molecule has 3 N–H and O–H groups in total. The zero-order valence-corrected chi connectivity index (χ0v) is 10.1. The van der Waals surface area contributed by atoms with Gasteiger partial charge in [0, 0.05) is 11.7 Å². The van der Waals surface area contributed by atoms with E-state index in [0.717, 1.165) is 23.2 Å². The molecule has 0 radical (unpaired) electrons. The highest BCUT2D eigenvalue weighted by atomic mass is 16.1. The monoisotopic (exact) mass is 218 g/mol. The fourth-order valence-corrected chi connectivity index (χ4v) is 2.29. The fourth-order valence-electron chi connectivity index (χ4n) is 2.29. The van der Waals surface area contributed by atoms with Gasteiger partial charge in [-0.25, -0.2) is 0 Å². The topological polar surface area (TPSA) is 55.1 Å². The molecule has 1 aliphatic rings. The molecule has 0 saturated heterocycles. The van der Waals surface area contributed by atoms with Gasteiger partial charge in [0.05, 0.1) is 6.42 Å². The smallest absolute Gasteiger partial charge is 0.228 e. The highest BCUT2D eigenvalue weighted by Gasteiger charge is 2.23. The third kappa shape index (κ3) is 1.61. The maximum atomic E-state index is 11.4. The molecule has 1 atom stereocenters. The number of rotatable bonds is 2. The van der Waals surface area contributed by atoms with Crippen LogP contribution in [0.4, 0.5) is 5.69 Å². The summed E-state index contributed by atoms with van der Waals surface area (Å²) in [6.45, 7) is 6.20. The SMILES string of the molecule is CCC(N)c1cc2c(c(C)c1C)NC(=O)C2. The molecule has 0 spiro atoms. The van der Waals surface area contributed by atoms with Crippen LogP contribution in [0.25, 0.3) is 0 Å². The second-order valence-electron chi connectivity index (χ2n) is 4.49. The zero-order chi connectivity index (χ0) is 11.9. The van der Waals surface area contributed by atoms with Crippen molar-refractivity contribution >= 4 is 11.6 Å². The van der Waals surface area contributed by atoms with Gasteiger partial charge in [-0.1, -0.05) is 13.0 Å². The zero-order valence-electron chi connectivity index (χ0n) is 10.1. The Morgan fingerprint density at radius 1 is 1.44 bits per heavy atom. The van der Waals surface area contributed by atoms with Crippen LogP contribution in [0.15, 0.2) is 6.07 Å². The first kappa shape index (κ1) is 11.1. The minimum atomic E-state index is 0.0692. The Labute approximate surface area is 96.0 Å². The van der Waals surface area contributed by atoms with Gasteiger partial charge in [0.15, 0.2) is 0 Å². The van der Waals surface area contributed by atoms with Gasteiger partial charge in [0.2, 0.25) is 5.91 Å². The van der Waals surface area contributed by atoms with Gasteiger partial charge in [-0.2, -0.15) is 0 Å². The first-order valence-corrected chi connectivity index (χ1v) is 5.73. The summed E-state index contributed by atoms with van der Waals surface area (Å²) in [7, 11) is 0. The Morgan fingerprint density at radius 2 is 2.12 bits per heavy atom. The first-order valence-electron chi connectivity index (χ1n) is 5.73. The van der Waals surface area contributed by atoms with Crippen LogP contribution >= 0.6 is 0 Å². The lowest BCUT2D eigenvalue weighted by atomic mass is 9.92. The van der Waals surface area contributed by atoms with Crippen molar-refractivity contribution in [1.29, 1.82) is 0 Å². The van der Waals surface area contributed by atoms with Gasteiger partial charge in [0.1, 0.15) is 0 Å². The molecule has 2 rings (SSSR count). The molecule has 1 heterocycles. The largest absolute Gasteiger partial charge is 0.325 e. The van der Waals surface area contributed by atoms with Gasteiger partial charge >= 0.3 is 0 Å². The van der Waals surface area contributed by atoms with E-state index in [2.05, 4.69) is 25.2 Å². The summed E-state index contributed by atoms with van der Waals surface area (Å²) in [6.07, 6.45) is 1.40. The highest BCUT2D eigenvalue weighted by Crippen LogP contribution is 2.33. The van der Waals surface area contributed by atoms with Crippen LogP contribution < -0.4 is 11.1 Å². The van der Waals surface area contributed by atoms with Crippen molar-refractivity contribution in [3.63, 3.8) is 0 Å². The summed E-state index contributed by atoms with van der Waals surface area (Å²) in [5.74, 6) is 0.0831. The van der Waals surface area contributed by atoms with Crippen molar-refractivity contribution in [2.75, 3.05) is 5.32 Å². The molecule has 0 fully saturated rings. The maximum absolute atomic E-state index is 11.4. The molecule has 0 aromatic heterocycles. The van der Waals surface area contributed by atoms with E-state index in [-0.39, 0.29) is 11.9 Å². The van der Waals surface area contributed by atoms with E-state index in [9.17, 15) is 4.79 Å². The number of fused-ring (bicyclic) bond motifs is 1. The van der Waals surface area contributed by atoms with Crippen LogP contribution in [-0.2, 0) is 11.2 Å². The number of nitrogens with one attached hydrogen (secondary N) is 1. The number of benzene rings is 1. The van der Waals surface area contributed by atoms with Crippen LogP contribution in [0.2, 0.25) is 0 Å². The number of anilines is 1. The van der Waals surface area contributed by atoms with Crippen molar-refractivity contribution in [2.24, 2.45) is 5.73 Å². The lowest BCUT2D eigenvalue weighted by Crippen LogP contribution is -2.11. The number of amides is 1. The van der Waals surface area contributed by atoms with Crippen molar-refractivity contribution < 1.29 is 4.79 Å². The average Bonchev–Trinajstić information content (AvgIpc) is 2.63. The third-order valence-electron chi connectivity index (χ3n) is 3.48. The number of hydrogen-bond acceptors (Lipinski definition) is 2. The van der Waals surface area contributed by atoms with Crippen molar-refractivity contribution in [2.45, 2.75) is 39.7 Å². The third-order valence-corrected chi connectivity index (χ3v) is 3.48. The molecule has 0 bridgehead atoms. The predicted octanol–water partition coefficient (Wildman–Crippen LogP) is 2.21. The van der Waals surface area contributed by atoms with Gasteiger partial charge in [-0.05, 0) is 42.5 Å². The minimum absolute atomic E-state index is 0.0692. The summed E-state index contributed by atoms with van der Waals surface area (Å²) in [4.78, 5) is 11.4. The van der Waals surface area contributed by atoms with Crippen LogP contribution in [0.5, 0.6) is 0 Å². The average molecular weight is 218 g/mol. The molecular weight excluding hydrogens is 200 g/mol. The molecule has 1 aromatic rings. The molecule has 3 nitrogen and oxygen atoms in total. The van der Waals surface area contributed by atoms with E-state index in [1.54, 1.807) is 0 Å². The van der Waals surface area contributed by atoms with E-state index < -0.39 is 0 Å². The van der Waals surface area contributed by atoms with Crippen LogP contribution in [0, 0.1) is 13.8 Å². The highest BCUT2D eigenvalue weighted by molar-refractivity contribution is 6.00. The molecule has 16 heavy (non-hydrogen) atoms. The van der Waals surface area contributed by atoms with Crippen molar-refractivity contribution in [3.05, 3.63) is 28.3 Å². The molecule has 3 heteroatoms. The Balaban J connectivity index is 2.56. The Morgan fingerprint density at radius 3 is 2.75 bits per heavy atom. The summed E-state index contributed by atoms with van der Waals surface area (Å²) in [5, 5.41) is 2.91. The second-order valence-corrected chi connectivity index (χ2v) is 4.49. The van der Waals surface area contributed by atoms with Crippen LogP contribution in [0.1, 0.15) is 41.6 Å². The van der Waals surface area contributed by atoms with Gasteiger partial charge in [-0.3, -0.25) is 4.79 Å². The van der Waals surface area contributed by atoms with Gasteiger partial charge in [-0.15, -0.1) is 0 Å². The first-order chi connectivity index (χ1) is 7.54. The van der Waals surface area contributed by atoms with Gasteiger partial charge in [0.25, 0.3) is 0 Å². The summed E-state index contributed by atoms with van der Waals surface area (Å²) in [5.41, 5.74) is 11.7. The van der Waals surface area contributed by atoms with E-state index in [0.29, 0.717) is 6.42 Å². The lowest BCUT2D eigenvalue weighted by molar-refractivity contribution is -0.115. The van der Waals surface area contributed by atoms with Crippen LogP contribution in [-0.4, -0.2) is 5.91 Å². The molecule has 0 saturated carbocycles. The maximum Gasteiger partial charge on any atom is 0.228 e. The van der Waals surface area contributed by atoms with Gasteiger partial charge < -0.3 is 11.1 Å². The summed E-state index contributed by atoms with van der Waals surface area (Å²) in [6, 6.07) is 2.16. The number of hydrogen-bond donors (Lipinski definition) is 2. The van der Waals surface area contributed by atoms with E-state index in [1.165, 1.54) is 11.1 Å². The number of carbonyl (C=O) groups is 1. The minimum Gasteiger partial charge on any atom is -0.325 e. The molecular formula is C13H18N2O. The standard InChI is InChI=1S/C13H18N2O/c1-4-11(14)10-5-9-6-12(16)15-13(9)8(3)7(10)2/h5,11H,4,6,14H2,1-3H3,(H,15,16). The van der Waals surface area contributed by atoms with Crippen LogP contribution in [0.3, 0.4) is 0 Å². The second kappa shape index (κ2) is 3.91. The fraction of sp³-hybridized carbons (Fsp3) is 0.462. The quantitative estimate of drug-likeness (QED) is 0.799. The normalized spacial score (nSPS) is 15.9. The van der Waals surface area contributed by atoms with Crippen molar-refractivity contribution in [1.82, 2.24) is 0 Å². The Hall–Kier alpha value is -1.35. The molecule has 1 amide bonds. The summed E-state index contributed by atoms with van der Waals surface area (Å²) < 4.78 is 0. The number of carbonyl (C=O) groups excluding carboxylic acids is 1. The lowest BCUT2D eigenvalue weighted by Gasteiger charge is -2.17. The Bertz CT molecular complexity index is 452. The summed E-state index contributed by atoms with van der Waals surface area (Å²) >= 11 is 0.